The molecule has 1 N–H and O–H groups in total. The number of halogens is 1. The van der Waals surface area contributed by atoms with Crippen LogP contribution in [-0.4, -0.2) is 36.2 Å². The first-order valence-corrected chi connectivity index (χ1v) is 13.0. The molecule has 0 saturated carbocycles. The summed E-state index contributed by atoms with van der Waals surface area (Å²) in [5.41, 5.74) is 3.77. The summed E-state index contributed by atoms with van der Waals surface area (Å²) in [6, 6.07) is 19.6. The molecule has 2 heterocycles. The Kier molecular flexibility index (Phi) is 7.69. The number of hydrogen-bond donors (Lipinski definition) is 1. The molecule has 1 aromatic heterocycles. The first-order valence-electron chi connectivity index (χ1n) is 12.6. The molecule has 1 saturated heterocycles. The molecule has 3 aromatic rings. The number of nitrogens with zero attached hydrogens (tertiary/aromatic N) is 3. The lowest BCUT2D eigenvalue weighted by Crippen LogP contribution is -2.49. The van der Waals surface area contributed by atoms with Crippen LogP contribution >= 0.6 is 11.6 Å². The average Bonchev–Trinajstić information content (AvgIpc) is 2.78. The van der Waals surface area contributed by atoms with Crippen LogP contribution in [0.1, 0.15) is 53.0 Å². The minimum absolute atomic E-state index is 0.155. The zero-order valence-electron chi connectivity index (χ0n) is 21.3. The van der Waals surface area contributed by atoms with Gasteiger partial charge in [0.2, 0.25) is 0 Å². The Hall–Kier alpha value is -2.30. The highest BCUT2D eigenvalue weighted by Gasteiger charge is 2.25. The smallest absolute Gasteiger partial charge is 0.131 e. The molecule has 5 heteroatoms. The summed E-state index contributed by atoms with van der Waals surface area (Å²) in [6.07, 6.45) is 2.31. The number of nitrogens with one attached hydrogen (secondary N) is 1. The van der Waals surface area contributed by atoms with Gasteiger partial charge in [-0.05, 0) is 63.3 Å². The molecule has 4 nitrogen and oxygen atoms in total. The maximum atomic E-state index is 6.13. The Morgan fingerprint density at radius 3 is 2.38 bits per heavy atom. The SMILES string of the molecule is CC(C)CN(Cc1ccc(Cl)cc1)c1cc(N2CCC(NC(C)(C)C)CC2)c2ccccc2n1. The van der Waals surface area contributed by atoms with Gasteiger partial charge in [0.25, 0.3) is 0 Å². The summed E-state index contributed by atoms with van der Waals surface area (Å²) >= 11 is 6.13. The molecule has 0 radical (unpaired) electrons. The second-order valence-corrected chi connectivity index (χ2v) is 11.5. The largest absolute Gasteiger partial charge is 0.371 e. The number of rotatable bonds is 7. The highest BCUT2D eigenvalue weighted by Crippen LogP contribution is 2.33. The van der Waals surface area contributed by atoms with Gasteiger partial charge in [-0.1, -0.05) is 55.8 Å². The molecular formula is C29H39ClN4. The zero-order valence-corrected chi connectivity index (χ0v) is 22.1. The van der Waals surface area contributed by atoms with Crippen LogP contribution in [0.5, 0.6) is 0 Å². The van der Waals surface area contributed by atoms with Crippen molar-refractivity contribution >= 4 is 34.0 Å². The van der Waals surface area contributed by atoms with E-state index in [-0.39, 0.29) is 5.54 Å². The van der Waals surface area contributed by atoms with Crippen molar-refractivity contribution in [3.05, 3.63) is 65.2 Å². The number of para-hydroxylation sites is 1. The first kappa shape index (κ1) is 24.8. The van der Waals surface area contributed by atoms with Crippen LogP contribution in [-0.2, 0) is 6.54 Å². The summed E-state index contributed by atoms with van der Waals surface area (Å²) in [4.78, 5) is 10.1. The second kappa shape index (κ2) is 10.5. The zero-order chi connectivity index (χ0) is 24.3. The minimum Gasteiger partial charge on any atom is -0.371 e. The van der Waals surface area contributed by atoms with Crippen molar-refractivity contribution in [2.24, 2.45) is 5.92 Å². The number of aromatic nitrogens is 1. The fourth-order valence-corrected chi connectivity index (χ4v) is 5.06. The molecule has 0 bridgehead atoms. The van der Waals surface area contributed by atoms with Gasteiger partial charge < -0.3 is 15.1 Å². The van der Waals surface area contributed by atoms with E-state index in [2.05, 4.69) is 92.2 Å². The molecule has 34 heavy (non-hydrogen) atoms. The normalized spacial score (nSPS) is 15.3. The van der Waals surface area contributed by atoms with Gasteiger partial charge in [-0.3, -0.25) is 0 Å². The molecule has 1 fully saturated rings. The molecule has 2 aromatic carbocycles. The third-order valence-electron chi connectivity index (χ3n) is 6.35. The predicted octanol–water partition coefficient (Wildman–Crippen LogP) is 6.91. The Morgan fingerprint density at radius 1 is 1.06 bits per heavy atom. The number of pyridine rings is 1. The summed E-state index contributed by atoms with van der Waals surface area (Å²) in [7, 11) is 0. The molecule has 4 rings (SSSR count). The van der Waals surface area contributed by atoms with Crippen LogP contribution in [0.2, 0.25) is 5.02 Å². The van der Waals surface area contributed by atoms with E-state index in [4.69, 9.17) is 16.6 Å². The van der Waals surface area contributed by atoms with Gasteiger partial charge in [0, 0.05) is 59.9 Å². The second-order valence-electron chi connectivity index (χ2n) is 11.1. The van der Waals surface area contributed by atoms with Gasteiger partial charge in [0.05, 0.1) is 5.52 Å². The van der Waals surface area contributed by atoms with Crippen molar-refractivity contribution in [2.75, 3.05) is 29.4 Å². The van der Waals surface area contributed by atoms with Crippen molar-refractivity contribution in [1.29, 1.82) is 0 Å². The molecule has 0 unspecified atom stereocenters. The topological polar surface area (TPSA) is 31.4 Å². The molecule has 0 spiro atoms. The van der Waals surface area contributed by atoms with E-state index in [1.54, 1.807) is 0 Å². The molecule has 1 aliphatic heterocycles. The van der Waals surface area contributed by atoms with Crippen LogP contribution in [0.15, 0.2) is 54.6 Å². The van der Waals surface area contributed by atoms with E-state index in [0.29, 0.717) is 12.0 Å². The third kappa shape index (κ3) is 6.43. The molecule has 0 atom stereocenters. The van der Waals surface area contributed by atoms with Gasteiger partial charge in [0.1, 0.15) is 5.82 Å². The molecule has 1 aliphatic rings. The lowest BCUT2D eigenvalue weighted by atomic mass is 9.99. The molecule has 0 amide bonds. The number of anilines is 2. The monoisotopic (exact) mass is 478 g/mol. The first-order chi connectivity index (χ1) is 16.2. The average molecular weight is 479 g/mol. The number of piperidine rings is 1. The van der Waals surface area contributed by atoms with Crippen LogP contribution in [0, 0.1) is 5.92 Å². The number of fused-ring (bicyclic) bond motifs is 1. The summed E-state index contributed by atoms with van der Waals surface area (Å²) in [5, 5.41) is 5.81. The van der Waals surface area contributed by atoms with E-state index in [1.807, 2.05) is 12.1 Å². The standard InChI is InChI=1S/C29H39ClN4/c1-21(2)19-34(20-22-10-12-23(30)13-11-22)28-18-27(25-8-6-7-9-26(25)31-28)33-16-14-24(15-17-33)32-29(3,4)5/h6-13,18,21,24,32H,14-17,19-20H2,1-5H3. The van der Waals surface area contributed by atoms with E-state index in [1.165, 1.54) is 16.6 Å². The highest BCUT2D eigenvalue weighted by molar-refractivity contribution is 6.30. The van der Waals surface area contributed by atoms with Crippen molar-refractivity contribution in [1.82, 2.24) is 10.3 Å². The van der Waals surface area contributed by atoms with Crippen LogP contribution in [0.4, 0.5) is 11.5 Å². The van der Waals surface area contributed by atoms with Gasteiger partial charge in [-0.25, -0.2) is 4.98 Å². The van der Waals surface area contributed by atoms with E-state index < -0.39 is 0 Å². The van der Waals surface area contributed by atoms with Crippen molar-refractivity contribution in [3.63, 3.8) is 0 Å². The van der Waals surface area contributed by atoms with E-state index in [9.17, 15) is 0 Å². The van der Waals surface area contributed by atoms with Crippen LogP contribution in [0.25, 0.3) is 10.9 Å². The summed E-state index contributed by atoms with van der Waals surface area (Å²) in [6.45, 7) is 15.2. The Bertz CT molecular complexity index is 1080. The third-order valence-corrected chi connectivity index (χ3v) is 6.60. The summed E-state index contributed by atoms with van der Waals surface area (Å²) in [5.74, 6) is 1.58. The fourth-order valence-electron chi connectivity index (χ4n) is 4.93. The lowest BCUT2D eigenvalue weighted by molar-refractivity contribution is 0.317. The maximum Gasteiger partial charge on any atom is 0.131 e. The maximum absolute atomic E-state index is 6.13. The molecule has 0 aliphatic carbocycles. The highest BCUT2D eigenvalue weighted by atomic mass is 35.5. The molecular weight excluding hydrogens is 440 g/mol. The van der Waals surface area contributed by atoms with Gasteiger partial charge in [0.15, 0.2) is 0 Å². The van der Waals surface area contributed by atoms with Crippen molar-refractivity contribution < 1.29 is 0 Å². The minimum atomic E-state index is 0.155. The number of hydrogen-bond acceptors (Lipinski definition) is 4. The Balaban J connectivity index is 1.64. The fraction of sp³-hybridized carbons (Fsp3) is 0.483. The van der Waals surface area contributed by atoms with Gasteiger partial charge in [-0.2, -0.15) is 0 Å². The summed E-state index contributed by atoms with van der Waals surface area (Å²) < 4.78 is 0. The van der Waals surface area contributed by atoms with Crippen molar-refractivity contribution in [3.8, 4) is 0 Å². The Morgan fingerprint density at radius 2 is 1.74 bits per heavy atom. The van der Waals surface area contributed by atoms with Crippen LogP contribution < -0.4 is 15.1 Å². The molecule has 182 valence electrons. The lowest BCUT2D eigenvalue weighted by Gasteiger charge is -2.38. The van der Waals surface area contributed by atoms with E-state index in [0.717, 1.165) is 55.4 Å². The van der Waals surface area contributed by atoms with Crippen molar-refractivity contribution in [2.45, 2.75) is 65.6 Å². The number of benzene rings is 2. The van der Waals surface area contributed by atoms with Crippen LogP contribution in [0.3, 0.4) is 0 Å². The Labute approximate surface area is 210 Å². The van der Waals surface area contributed by atoms with Gasteiger partial charge in [-0.15, -0.1) is 0 Å². The predicted molar refractivity (Wildman–Crippen MR) is 147 cm³/mol. The quantitative estimate of drug-likeness (QED) is 0.399. The van der Waals surface area contributed by atoms with E-state index >= 15 is 0 Å². The van der Waals surface area contributed by atoms with Gasteiger partial charge >= 0.3 is 0 Å².